The number of aryl methyl sites for hydroxylation is 6. The number of rotatable bonds is 7. The van der Waals surface area contributed by atoms with Crippen molar-refractivity contribution in [3.05, 3.63) is 240 Å². The molecule has 0 N–H and O–H groups in total. The maximum Gasteiger partial charge on any atom is 0.0520 e. The summed E-state index contributed by atoms with van der Waals surface area (Å²) in [5, 5.41) is 15.3. The van der Waals surface area contributed by atoms with E-state index >= 15 is 0 Å². The molecule has 68 heavy (non-hydrogen) atoms. The van der Waals surface area contributed by atoms with E-state index in [1.807, 2.05) is 0 Å². The van der Waals surface area contributed by atoms with Crippen LogP contribution < -0.4 is 9.80 Å². The van der Waals surface area contributed by atoms with Crippen LogP contribution in [0, 0.1) is 41.5 Å². The number of nitrogens with zero attached hydrogens (tertiary/aromatic N) is 2. The first-order chi connectivity index (χ1) is 33.2. The van der Waals surface area contributed by atoms with Gasteiger partial charge < -0.3 is 9.80 Å². The molecule has 0 saturated heterocycles. The molecule has 0 unspecified atom stereocenters. The van der Waals surface area contributed by atoms with E-state index in [-0.39, 0.29) is 0 Å². The largest absolute Gasteiger partial charge is 0.310 e. The first kappa shape index (κ1) is 41.2. The van der Waals surface area contributed by atoms with Crippen LogP contribution in [0.5, 0.6) is 0 Å². The van der Waals surface area contributed by atoms with E-state index in [9.17, 15) is 0 Å². The molecular formula is C66H52N2. The van der Waals surface area contributed by atoms with Crippen molar-refractivity contribution in [3.8, 4) is 11.1 Å². The van der Waals surface area contributed by atoms with Gasteiger partial charge in [0.1, 0.15) is 0 Å². The summed E-state index contributed by atoms with van der Waals surface area (Å²) in [4.78, 5) is 4.97. The maximum atomic E-state index is 2.49. The zero-order chi connectivity index (χ0) is 46.2. The van der Waals surface area contributed by atoms with E-state index in [1.165, 1.54) is 132 Å². The molecule has 0 fully saturated rings. The van der Waals surface area contributed by atoms with Gasteiger partial charge >= 0.3 is 0 Å². The van der Waals surface area contributed by atoms with Crippen LogP contribution >= 0.6 is 0 Å². The van der Waals surface area contributed by atoms with Crippen LogP contribution in [0.2, 0.25) is 0 Å². The summed E-state index contributed by atoms with van der Waals surface area (Å²) in [6.07, 6.45) is 0. The Labute approximate surface area is 399 Å². The number of hydrogen-bond donors (Lipinski definition) is 0. The van der Waals surface area contributed by atoms with Crippen molar-refractivity contribution in [2.45, 2.75) is 41.5 Å². The van der Waals surface area contributed by atoms with Gasteiger partial charge in [-0.3, -0.25) is 0 Å². The summed E-state index contributed by atoms with van der Waals surface area (Å²) >= 11 is 0. The molecule has 0 atom stereocenters. The van der Waals surface area contributed by atoms with Gasteiger partial charge in [0.25, 0.3) is 0 Å². The van der Waals surface area contributed by atoms with Crippen LogP contribution in [-0.4, -0.2) is 0 Å². The van der Waals surface area contributed by atoms with Crippen molar-refractivity contribution in [3.63, 3.8) is 0 Å². The van der Waals surface area contributed by atoms with E-state index in [0.29, 0.717) is 0 Å². The lowest BCUT2D eigenvalue weighted by molar-refractivity contribution is 1.20. The molecular weight excluding hydrogens is 821 g/mol. The number of anilines is 6. The molecule has 0 aliphatic rings. The van der Waals surface area contributed by atoms with Crippen LogP contribution in [0.1, 0.15) is 33.4 Å². The van der Waals surface area contributed by atoms with Gasteiger partial charge in [-0.2, -0.15) is 0 Å². The quantitative estimate of drug-likeness (QED) is 0.147. The fraction of sp³-hybridized carbons (Fsp3) is 0.0909. The van der Waals surface area contributed by atoms with Gasteiger partial charge in [-0.25, -0.2) is 0 Å². The highest BCUT2D eigenvalue weighted by Crippen LogP contribution is 2.47. The summed E-state index contributed by atoms with van der Waals surface area (Å²) in [6.45, 7) is 13.5. The van der Waals surface area contributed by atoms with Gasteiger partial charge in [-0.1, -0.05) is 158 Å². The van der Waals surface area contributed by atoms with Crippen LogP contribution in [-0.2, 0) is 0 Å². The second-order valence-electron chi connectivity index (χ2n) is 18.8. The van der Waals surface area contributed by atoms with Gasteiger partial charge in [0.15, 0.2) is 0 Å². The molecule has 0 aliphatic carbocycles. The minimum Gasteiger partial charge on any atom is -0.310 e. The molecule has 2 nitrogen and oxygen atoms in total. The van der Waals surface area contributed by atoms with Gasteiger partial charge in [0.05, 0.1) is 11.4 Å². The minimum absolute atomic E-state index is 1.15. The van der Waals surface area contributed by atoms with Crippen molar-refractivity contribution < 1.29 is 0 Å². The lowest BCUT2D eigenvalue weighted by atomic mass is 9.93. The third-order valence-electron chi connectivity index (χ3n) is 14.5. The number of fused-ring (bicyclic) bond motifs is 12. The third-order valence-corrected chi connectivity index (χ3v) is 14.5. The first-order valence-electron chi connectivity index (χ1n) is 23.8. The average Bonchev–Trinajstić information content (AvgIpc) is 3.36. The van der Waals surface area contributed by atoms with Crippen molar-refractivity contribution in [1.82, 2.24) is 0 Å². The summed E-state index contributed by atoms with van der Waals surface area (Å²) in [6, 6.07) is 76.7. The topological polar surface area (TPSA) is 6.48 Å². The molecule has 0 heterocycles. The maximum absolute atomic E-state index is 2.49. The summed E-state index contributed by atoms with van der Waals surface area (Å²) in [5.41, 5.74) is 16.8. The normalized spacial score (nSPS) is 11.7. The molecule has 12 aromatic carbocycles. The SMILES string of the molecule is Cc1cc(-c2ccc(N(c3ccc4c5ccccc5c5ccccc5c4c3)c3c(C)cccc3C)c(C)c2)ccc1N(c1ccc2c3ccccc3c3ccccc3c2c1)c1c(C)cccc1C. The Hall–Kier alpha value is -8.20. The van der Waals surface area contributed by atoms with Crippen molar-refractivity contribution >= 4 is 98.8 Å². The molecule has 326 valence electrons. The molecule has 2 heteroatoms. The smallest absolute Gasteiger partial charge is 0.0520 e. The summed E-state index contributed by atoms with van der Waals surface area (Å²) in [5.74, 6) is 0. The second kappa shape index (κ2) is 16.3. The lowest BCUT2D eigenvalue weighted by Crippen LogP contribution is -2.14. The van der Waals surface area contributed by atoms with Gasteiger partial charge in [-0.15, -0.1) is 0 Å². The summed E-state index contributed by atoms with van der Waals surface area (Å²) in [7, 11) is 0. The van der Waals surface area contributed by atoms with Crippen LogP contribution in [0.15, 0.2) is 206 Å². The highest BCUT2D eigenvalue weighted by Gasteiger charge is 2.23. The fourth-order valence-corrected chi connectivity index (χ4v) is 11.3. The number of hydrogen-bond acceptors (Lipinski definition) is 2. The molecule has 0 saturated carbocycles. The molecule has 0 aliphatic heterocycles. The highest BCUT2D eigenvalue weighted by atomic mass is 15.2. The van der Waals surface area contributed by atoms with Crippen LogP contribution in [0.25, 0.3) is 75.8 Å². The third kappa shape index (κ3) is 6.62. The van der Waals surface area contributed by atoms with Crippen LogP contribution in [0.4, 0.5) is 34.1 Å². The second-order valence-corrected chi connectivity index (χ2v) is 18.8. The zero-order valence-electron chi connectivity index (χ0n) is 39.5. The van der Waals surface area contributed by atoms with Gasteiger partial charge in [0, 0.05) is 22.7 Å². The first-order valence-corrected chi connectivity index (χ1v) is 23.8. The lowest BCUT2D eigenvalue weighted by Gasteiger charge is -2.31. The van der Waals surface area contributed by atoms with Crippen molar-refractivity contribution in [1.29, 1.82) is 0 Å². The van der Waals surface area contributed by atoms with Crippen LogP contribution in [0.3, 0.4) is 0 Å². The monoisotopic (exact) mass is 872 g/mol. The number of benzene rings is 12. The summed E-state index contributed by atoms with van der Waals surface area (Å²) < 4.78 is 0. The number of para-hydroxylation sites is 2. The van der Waals surface area contributed by atoms with E-state index in [0.717, 1.165) is 11.4 Å². The Bertz CT molecular complexity index is 3630. The predicted molar refractivity (Wildman–Crippen MR) is 295 cm³/mol. The Morgan fingerprint density at radius 1 is 0.221 bits per heavy atom. The molecule has 0 radical (unpaired) electrons. The van der Waals surface area contributed by atoms with Gasteiger partial charge in [-0.05, 0) is 199 Å². The molecule has 12 aromatic rings. The minimum atomic E-state index is 1.15. The zero-order valence-corrected chi connectivity index (χ0v) is 39.5. The Morgan fingerprint density at radius 2 is 0.500 bits per heavy atom. The average molecular weight is 873 g/mol. The fourth-order valence-electron chi connectivity index (χ4n) is 11.3. The van der Waals surface area contributed by atoms with E-state index < -0.39 is 0 Å². The van der Waals surface area contributed by atoms with Crippen molar-refractivity contribution in [2.24, 2.45) is 0 Å². The standard InChI is InChI=1S/C66H52N2/c1-41-17-15-18-42(2)65(41)67(49-31-33-59-55-25-9-7-21-51(55)53-23-11-13-27-57(53)61(59)39-49)63-35-29-47(37-45(63)5)48-30-36-64(46(6)38-48)68(66-43(3)19-16-20-44(66)4)50-32-34-60-56-26-10-8-22-52(56)54-24-12-14-28-58(54)62(60)40-50/h7-40H,1-6H3. The van der Waals surface area contributed by atoms with E-state index in [1.54, 1.807) is 0 Å². The Balaban J connectivity index is 0.982. The Kier molecular flexibility index (Phi) is 9.88. The molecule has 0 amide bonds. The highest BCUT2D eigenvalue weighted by molar-refractivity contribution is 6.27. The van der Waals surface area contributed by atoms with E-state index in [4.69, 9.17) is 0 Å². The van der Waals surface area contributed by atoms with Gasteiger partial charge in [0.2, 0.25) is 0 Å². The molecule has 0 bridgehead atoms. The molecule has 12 rings (SSSR count). The van der Waals surface area contributed by atoms with E-state index in [2.05, 4.69) is 258 Å². The Morgan fingerprint density at radius 3 is 0.794 bits per heavy atom. The molecule has 0 spiro atoms. The van der Waals surface area contributed by atoms with Crippen molar-refractivity contribution in [2.75, 3.05) is 9.80 Å². The molecule has 0 aromatic heterocycles. The predicted octanol–water partition coefficient (Wildman–Crippen LogP) is 19.1.